The lowest BCUT2D eigenvalue weighted by Crippen LogP contribution is -2.20. The molecule has 2 aromatic rings. The molecular formula is C18H18N2O. The van der Waals surface area contributed by atoms with Crippen LogP contribution < -0.4 is 5.43 Å². The third-order valence-corrected chi connectivity index (χ3v) is 3.73. The van der Waals surface area contributed by atoms with Crippen LogP contribution in [0.1, 0.15) is 23.1 Å². The van der Waals surface area contributed by atoms with Gasteiger partial charge in [0.25, 0.3) is 0 Å². The van der Waals surface area contributed by atoms with Crippen molar-refractivity contribution in [2.24, 2.45) is 5.10 Å². The van der Waals surface area contributed by atoms with E-state index in [9.17, 15) is 4.79 Å². The zero-order valence-corrected chi connectivity index (χ0v) is 11.9. The Hall–Kier alpha value is -2.42. The van der Waals surface area contributed by atoms with E-state index in [1.165, 1.54) is 16.7 Å². The van der Waals surface area contributed by atoms with E-state index in [-0.39, 0.29) is 5.91 Å². The molecule has 21 heavy (non-hydrogen) atoms. The molecule has 1 aliphatic carbocycles. The van der Waals surface area contributed by atoms with Crippen molar-refractivity contribution in [3.8, 4) is 0 Å². The van der Waals surface area contributed by atoms with Gasteiger partial charge >= 0.3 is 0 Å². The molecule has 106 valence electrons. The summed E-state index contributed by atoms with van der Waals surface area (Å²) in [5, 5.41) is 4.27. The lowest BCUT2D eigenvalue weighted by molar-refractivity contribution is -0.121. The summed E-state index contributed by atoms with van der Waals surface area (Å²) in [6.45, 7) is 0. The van der Waals surface area contributed by atoms with Crippen molar-refractivity contribution in [1.29, 1.82) is 0 Å². The zero-order valence-electron chi connectivity index (χ0n) is 11.9. The lowest BCUT2D eigenvalue weighted by Gasteiger charge is -2.02. The molecule has 1 aliphatic rings. The molecule has 3 rings (SSSR count). The fraction of sp³-hybridized carbons (Fsp3) is 0.222. The molecule has 3 nitrogen and oxygen atoms in total. The first-order chi connectivity index (χ1) is 10.3. The molecule has 0 spiro atoms. The van der Waals surface area contributed by atoms with E-state index in [0.717, 1.165) is 25.0 Å². The Kier molecular flexibility index (Phi) is 4.10. The van der Waals surface area contributed by atoms with Crippen molar-refractivity contribution < 1.29 is 4.79 Å². The van der Waals surface area contributed by atoms with Gasteiger partial charge in [-0.3, -0.25) is 4.79 Å². The molecule has 0 bridgehead atoms. The van der Waals surface area contributed by atoms with Crippen molar-refractivity contribution in [2.45, 2.75) is 25.7 Å². The van der Waals surface area contributed by atoms with Crippen LogP contribution in [0.5, 0.6) is 0 Å². The van der Waals surface area contributed by atoms with Crippen LogP contribution in [0, 0.1) is 0 Å². The van der Waals surface area contributed by atoms with Gasteiger partial charge in [0, 0.05) is 25.0 Å². The summed E-state index contributed by atoms with van der Waals surface area (Å²) in [5.74, 6) is -0.0256. The minimum atomic E-state index is -0.0256. The highest BCUT2D eigenvalue weighted by Gasteiger charge is 2.16. The highest BCUT2D eigenvalue weighted by atomic mass is 16.2. The van der Waals surface area contributed by atoms with E-state index in [1.54, 1.807) is 0 Å². The summed E-state index contributed by atoms with van der Waals surface area (Å²) in [4.78, 5) is 11.8. The number of hydrogen-bond donors (Lipinski definition) is 1. The second kappa shape index (κ2) is 6.35. The van der Waals surface area contributed by atoms with Gasteiger partial charge in [-0.15, -0.1) is 0 Å². The molecule has 1 amide bonds. The standard InChI is InChI=1S/C18H18N2O/c21-18(11-10-14-6-2-1-3-7-14)20-19-17-12-15-8-4-5-9-16(15)13-17/h1-9H,10-13H2,(H,20,21). The van der Waals surface area contributed by atoms with Crippen LogP contribution in [0.2, 0.25) is 0 Å². The van der Waals surface area contributed by atoms with Gasteiger partial charge < -0.3 is 0 Å². The van der Waals surface area contributed by atoms with Crippen LogP contribution in [-0.2, 0) is 24.1 Å². The van der Waals surface area contributed by atoms with E-state index < -0.39 is 0 Å². The molecule has 0 atom stereocenters. The summed E-state index contributed by atoms with van der Waals surface area (Å²) < 4.78 is 0. The third-order valence-electron chi connectivity index (χ3n) is 3.73. The summed E-state index contributed by atoms with van der Waals surface area (Å²) >= 11 is 0. The Morgan fingerprint density at radius 3 is 2.24 bits per heavy atom. The SMILES string of the molecule is O=C(CCc1ccccc1)NN=C1Cc2ccccc2C1. The quantitative estimate of drug-likeness (QED) is 0.858. The largest absolute Gasteiger partial charge is 0.273 e. The summed E-state index contributed by atoms with van der Waals surface area (Å²) in [5.41, 5.74) is 7.51. The molecule has 0 saturated carbocycles. The fourth-order valence-electron chi connectivity index (χ4n) is 2.58. The van der Waals surface area contributed by atoms with E-state index in [1.807, 2.05) is 42.5 Å². The van der Waals surface area contributed by atoms with Crippen LogP contribution in [0.4, 0.5) is 0 Å². The number of carbonyl (C=O) groups is 1. The molecule has 0 saturated heterocycles. The van der Waals surface area contributed by atoms with Gasteiger partial charge in [0.1, 0.15) is 0 Å². The highest BCUT2D eigenvalue weighted by molar-refractivity contribution is 5.93. The number of nitrogens with one attached hydrogen (secondary N) is 1. The van der Waals surface area contributed by atoms with Gasteiger partial charge in [-0.1, -0.05) is 54.6 Å². The Labute approximate surface area is 124 Å². The van der Waals surface area contributed by atoms with E-state index in [4.69, 9.17) is 0 Å². The molecule has 0 unspecified atom stereocenters. The average Bonchev–Trinajstić information content (AvgIpc) is 2.95. The van der Waals surface area contributed by atoms with Gasteiger partial charge in [-0.25, -0.2) is 5.43 Å². The fourth-order valence-corrected chi connectivity index (χ4v) is 2.58. The monoisotopic (exact) mass is 278 g/mol. The molecular weight excluding hydrogens is 260 g/mol. The van der Waals surface area contributed by atoms with Gasteiger partial charge in [0.15, 0.2) is 0 Å². The highest BCUT2D eigenvalue weighted by Crippen LogP contribution is 2.19. The minimum absolute atomic E-state index is 0.0256. The van der Waals surface area contributed by atoms with Crippen LogP contribution in [0.3, 0.4) is 0 Å². The van der Waals surface area contributed by atoms with Crippen molar-refractivity contribution >= 4 is 11.6 Å². The predicted molar refractivity (Wildman–Crippen MR) is 84.2 cm³/mol. The van der Waals surface area contributed by atoms with Crippen LogP contribution in [0.25, 0.3) is 0 Å². The number of fused-ring (bicyclic) bond motifs is 1. The van der Waals surface area contributed by atoms with Gasteiger partial charge in [0.05, 0.1) is 0 Å². The Bertz CT molecular complexity index is 635. The maximum absolute atomic E-state index is 11.8. The number of hydrazone groups is 1. The van der Waals surface area contributed by atoms with Crippen molar-refractivity contribution in [3.63, 3.8) is 0 Å². The number of amides is 1. The first-order valence-electron chi connectivity index (χ1n) is 7.26. The number of hydrogen-bond acceptors (Lipinski definition) is 2. The van der Waals surface area contributed by atoms with Crippen molar-refractivity contribution in [2.75, 3.05) is 0 Å². The van der Waals surface area contributed by atoms with Gasteiger partial charge in [-0.05, 0) is 23.1 Å². The Morgan fingerprint density at radius 1 is 0.952 bits per heavy atom. The predicted octanol–water partition coefficient (Wildman–Crippen LogP) is 2.89. The van der Waals surface area contributed by atoms with Crippen molar-refractivity contribution in [1.82, 2.24) is 5.43 Å². The second-order valence-corrected chi connectivity index (χ2v) is 5.32. The summed E-state index contributed by atoms with van der Waals surface area (Å²) in [6, 6.07) is 18.4. The van der Waals surface area contributed by atoms with E-state index in [2.05, 4.69) is 22.7 Å². The normalized spacial score (nSPS) is 12.9. The maximum Gasteiger partial charge on any atom is 0.240 e. The molecule has 0 aliphatic heterocycles. The van der Waals surface area contributed by atoms with Crippen LogP contribution in [-0.4, -0.2) is 11.6 Å². The zero-order chi connectivity index (χ0) is 14.5. The molecule has 2 aromatic carbocycles. The summed E-state index contributed by atoms with van der Waals surface area (Å²) in [7, 11) is 0. The van der Waals surface area contributed by atoms with Gasteiger partial charge in [0.2, 0.25) is 5.91 Å². The number of nitrogens with zero attached hydrogens (tertiary/aromatic N) is 1. The van der Waals surface area contributed by atoms with E-state index in [0.29, 0.717) is 6.42 Å². The first-order valence-corrected chi connectivity index (χ1v) is 7.26. The lowest BCUT2D eigenvalue weighted by atomic mass is 10.1. The van der Waals surface area contributed by atoms with Crippen molar-refractivity contribution in [3.05, 3.63) is 71.3 Å². The average molecular weight is 278 g/mol. The minimum Gasteiger partial charge on any atom is -0.273 e. The molecule has 1 N–H and O–H groups in total. The van der Waals surface area contributed by atoms with Crippen LogP contribution in [0.15, 0.2) is 59.7 Å². The second-order valence-electron chi connectivity index (χ2n) is 5.32. The van der Waals surface area contributed by atoms with Crippen LogP contribution >= 0.6 is 0 Å². The molecule has 0 aromatic heterocycles. The molecule has 3 heteroatoms. The Morgan fingerprint density at radius 2 is 1.57 bits per heavy atom. The topological polar surface area (TPSA) is 41.5 Å². The smallest absolute Gasteiger partial charge is 0.240 e. The van der Waals surface area contributed by atoms with Gasteiger partial charge in [-0.2, -0.15) is 5.10 Å². The molecule has 0 radical (unpaired) electrons. The third kappa shape index (κ3) is 3.57. The number of benzene rings is 2. The number of rotatable bonds is 4. The number of carbonyl (C=O) groups excluding carboxylic acids is 1. The molecule has 0 heterocycles. The first kappa shape index (κ1) is 13.6. The maximum atomic E-state index is 11.8. The molecule has 0 fully saturated rings. The van der Waals surface area contributed by atoms with E-state index >= 15 is 0 Å². The number of aryl methyl sites for hydroxylation is 1. The Balaban J connectivity index is 1.49. The summed E-state index contributed by atoms with van der Waals surface area (Å²) in [6.07, 6.45) is 2.90.